The van der Waals surface area contributed by atoms with E-state index in [1.165, 1.54) is 57.5 Å². The van der Waals surface area contributed by atoms with Crippen LogP contribution in [0, 0.1) is 5.82 Å². The number of nitrogens with one attached hydrogen (secondary N) is 2. The fourth-order valence-corrected chi connectivity index (χ4v) is 3.07. The topological polar surface area (TPSA) is 39.7 Å². The lowest BCUT2D eigenvalue weighted by molar-refractivity contribution is 0.282. The van der Waals surface area contributed by atoms with E-state index in [1.807, 2.05) is 12.1 Å². The van der Waals surface area contributed by atoms with E-state index in [0.29, 0.717) is 0 Å². The third-order valence-corrected chi connectivity index (χ3v) is 4.49. The van der Waals surface area contributed by atoms with Crippen LogP contribution in [-0.4, -0.2) is 50.6 Å². The number of rotatable bonds is 7. The van der Waals surface area contributed by atoms with Crippen molar-refractivity contribution in [2.75, 3.05) is 39.8 Å². The van der Waals surface area contributed by atoms with Crippen molar-refractivity contribution >= 4 is 5.96 Å². The Morgan fingerprint density at radius 1 is 1.04 bits per heavy atom. The molecule has 0 bridgehead atoms. The van der Waals surface area contributed by atoms with E-state index in [0.717, 1.165) is 37.5 Å². The standard InChI is InChI=1S/C19H31FN4/c1-21-19(23-13-11-17-7-9-18(20)10-8-17)22-12-6-16-24-14-4-2-3-5-15-24/h7-10H,2-6,11-16H2,1H3,(H2,21,22,23). The van der Waals surface area contributed by atoms with E-state index in [1.54, 1.807) is 7.05 Å². The predicted molar refractivity (Wildman–Crippen MR) is 99.0 cm³/mol. The lowest BCUT2D eigenvalue weighted by Gasteiger charge is -2.20. The van der Waals surface area contributed by atoms with E-state index < -0.39 is 0 Å². The molecule has 0 aromatic heterocycles. The molecule has 1 aromatic carbocycles. The fourth-order valence-electron chi connectivity index (χ4n) is 3.07. The summed E-state index contributed by atoms with van der Waals surface area (Å²) in [6, 6.07) is 6.67. The van der Waals surface area contributed by atoms with Crippen molar-refractivity contribution in [2.24, 2.45) is 4.99 Å². The first-order chi connectivity index (χ1) is 11.8. The molecule has 2 rings (SSSR count). The number of hydrogen-bond donors (Lipinski definition) is 2. The second kappa shape index (κ2) is 11.0. The van der Waals surface area contributed by atoms with Crippen molar-refractivity contribution in [1.82, 2.24) is 15.5 Å². The molecule has 0 spiro atoms. The molecule has 0 amide bonds. The average molecular weight is 334 g/mol. The zero-order valence-corrected chi connectivity index (χ0v) is 14.9. The highest BCUT2D eigenvalue weighted by Crippen LogP contribution is 2.09. The Morgan fingerprint density at radius 3 is 2.38 bits per heavy atom. The molecule has 1 saturated heterocycles. The van der Waals surface area contributed by atoms with Crippen LogP contribution in [0.1, 0.15) is 37.7 Å². The third kappa shape index (κ3) is 7.30. The molecule has 0 unspecified atom stereocenters. The maximum Gasteiger partial charge on any atom is 0.190 e. The summed E-state index contributed by atoms with van der Waals surface area (Å²) in [5, 5.41) is 6.68. The molecule has 1 aromatic rings. The van der Waals surface area contributed by atoms with E-state index in [4.69, 9.17) is 0 Å². The molecule has 0 saturated carbocycles. The van der Waals surface area contributed by atoms with E-state index in [-0.39, 0.29) is 5.82 Å². The maximum absolute atomic E-state index is 12.9. The predicted octanol–water partition coefficient (Wildman–Crippen LogP) is 2.80. The van der Waals surface area contributed by atoms with Crippen LogP contribution in [0.3, 0.4) is 0 Å². The van der Waals surface area contributed by atoms with Gasteiger partial charge in [-0.1, -0.05) is 25.0 Å². The van der Waals surface area contributed by atoms with Crippen LogP contribution in [0.2, 0.25) is 0 Å². The number of nitrogens with zero attached hydrogens (tertiary/aromatic N) is 2. The first kappa shape index (κ1) is 18.7. The van der Waals surface area contributed by atoms with Gasteiger partial charge in [-0.3, -0.25) is 4.99 Å². The Balaban J connectivity index is 1.57. The summed E-state index contributed by atoms with van der Waals surface area (Å²) in [7, 11) is 1.79. The van der Waals surface area contributed by atoms with E-state index in [2.05, 4.69) is 20.5 Å². The van der Waals surface area contributed by atoms with Gasteiger partial charge in [0.2, 0.25) is 0 Å². The fraction of sp³-hybridized carbons (Fsp3) is 0.632. The molecule has 1 aliphatic rings. The van der Waals surface area contributed by atoms with Gasteiger partial charge in [-0.25, -0.2) is 4.39 Å². The van der Waals surface area contributed by atoms with Crippen LogP contribution in [0.5, 0.6) is 0 Å². The van der Waals surface area contributed by atoms with Crippen LogP contribution >= 0.6 is 0 Å². The molecule has 0 atom stereocenters. The Hall–Kier alpha value is -1.62. The largest absolute Gasteiger partial charge is 0.356 e. The molecular weight excluding hydrogens is 303 g/mol. The van der Waals surface area contributed by atoms with Crippen LogP contribution in [0.25, 0.3) is 0 Å². The Labute approximate surface area is 145 Å². The summed E-state index contributed by atoms with van der Waals surface area (Å²) in [5.41, 5.74) is 1.13. The van der Waals surface area contributed by atoms with Crippen LogP contribution in [-0.2, 0) is 6.42 Å². The van der Waals surface area contributed by atoms with Crippen LogP contribution in [0.15, 0.2) is 29.3 Å². The SMILES string of the molecule is CN=C(NCCCN1CCCCCC1)NCCc1ccc(F)cc1. The smallest absolute Gasteiger partial charge is 0.190 e. The van der Waals surface area contributed by atoms with Crippen molar-refractivity contribution in [3.63, 3.8) is 0 Å². The van der Waals surface area contributed by atoms with Crippen LogP contribution in [0.4, 0.5) is 4.39 Å². The van der Waals surface area contributed by atoms with Gasteiger partial charge in [-0.15, -0.1) is 0 Å². The maximum atomic E-state index is 12.9. The number of benzene rings is 1. The normalized spacial score (nSPS) is 16.7. The van der Waals surface area contributed by atoms with Crippen molar-refractivity contribution < 1.29 is 4.39 Å². The zero-order chi connectivity index (χ0) is 17.0. The molecule has 2 N–H and O–H groups in total. The summed E-state index contributed by atoms with van der Waals surface area (Å²) < 4.78 is 12.9. The second-order valence-corrected chi connectivity index (χ2v) is 6.41. The van der Waals surface area contributed by atoms with Gasteiger partial charge in [0.15, 0.2) is 5.96 Å². The monoisotopic (exact) mass is 334 g/mol. The molecule has 1 aliphatic heterocycles. The van der Waals surface area contributed by atoms with Crippen molar-refractivity contribution in [3.8, 4) is 0 Å². The third-order valence-electron chi connectivity index (χ3n) is 4.49. The van der Waals surface area contributed by atoms with Crippen LogP contribution < -0.4 is 10.6 Å². The van der Waals surface area contributed by atoms with Crippen molar-refractivity contribution in [1.29, 1.82) is 0 Å². The van der Waals surface area contributed by atoms with Gasteiger partial charge in [-0.2, -0.15) is 0 Å². The minimum atomic E-state index is -0.186. The zero-order valence-electron chi connectivity index (χ0n) is 14.9. The first-order valence-electron chi connectivity index (χ1n) is 9.19. The molecule has 1 fully saturated rings. The number of hydrogen-bond acceptors (Lipinski definition) is 2. The number of likely N-dealkylation sites (tertiary alicyclic amines) is 1. The van der Waals surface area contributed by atoms with Gasteiger partial charge < -0.3 is 15.5 Å². The lowest BCUT2D eigenvalue weighted by atomic mass is 10.1. The van der Waals surface area contributed by atoms with Gasteiger partial charge in [-0.05, 0) is 63.0 Å². The highest BCUT2D eigenvalue weighted by molar-refractivity contribution is 5.79. The highest BCUT2D eigenvalue weighted by atomic mass is 19.1. The van der Waals surface area contributed by atoms with Gasteiger partial charge >= 0.3 is 0 Å². The molecule has 4 nitrogen and oxygen atoms in total. The average Bonchev–Trinajstić information content (AvgIpc) is 2.87. The van der Waals surface area contributed by atoms with Gasteiger partial charge in [0.25, 0.3) is 0 Å². The Bertz CT molecular complexity index is 479. The summed E-state index contributed by atoms with van der Waals surface area (Å²) in [4.78, 5) is 6.84. The molecule has 24 heavy (non-hydrogen) atoms. The minimum absolute atomic E-state index is 0.186. The minimum Gasteiger partial charge on any atom is -0.356 e. The molecule has 0 aliphatic carbocycles. The van der Waals surface area contributed by atoms with E-state index in [9.17, 15) is 4.39 Å². The number of aliphatic imine (C=N–C) groups is 1. The quantitative estimate of drug-likeness (QED) is 0.458. The summed E-state index contributed by atoms with van der Waals surface area (Å²) in [5.74, 6) is 0.654. The summed E-state index contributed by atoms with van der Waals surface area (Å²) in [6.07, 6.45) is 7.46. The van der Waals surface area contributed by atoms with E-state index >= 15 is 0 Å². The van der Waals surface area contributed by atoms with Gasteiger partial charge in [0.1, 0.15) is 5.82 Å². The Kier molecular flexibility index (Phi) is 8.60. The summed E-state index contributed by atoms with van der Waals surface area (Å²) in [6.45, 7) is 5.40. The van der Waals surface area contributed by atoms with Crippen molar-refractivity contribution in [3.05, 3.63) is 35.6 Å². The molecular formula is C19H31FN4. The van der Waals surface area contributed by atoms with Gasteiger partial charge in [0, 0.05) is 20.1 Å². The van der Waals surface area contributed by atoms with Crippen molar-refractivity contribution in [2.45, 2.75) is 38.5 Å². The molecule has 5 heteroatoms. The molecule has 1 heterocycles. The first-order valence-corrected chi connectivity index (χ1v) is 9.19. The summed E-state index contributed by atoms with van der Waals surface area (Å²) >= 11 is 0. The second-order valence-electron chi connectivity index (χ2n) is 6.41. The molecule has 134 valence electrons. The Morgan fingerprint density at radius 2 is 1.71 bits per heavy atom. The van der Waals surface area contributed by atoms with Gasteiger partial charge in [0.05, 0.1) is 0 Å². The molecule has 0 radical (unpaired) electrons. The number of guanidine groups is 1. The number of halogens is 1. The highest BCUT2D eigenvalue weighted by Gasteiger charge is 2.08. The lowest BCUT2D eigenvalue weighted by Crippen LogP contribution is -2.39.